The van der Waals surface area contributed by atoms with Crippen LogP contribution < -0.4 is 25.0 Å². The molecule has 3 rings (SSSR count). The van der Waals surface area contributed by atoms with Gasteiger partial charge in [0.25, 0.3) is 0 Å². The number of benzene rings is 2. The highest BCUT2D eigenvalue weighted by atomic mass is 16.5. The average Bonchev–Trinajstić information content (AvgIpc) is 2.72. The first kappa shape index (κ1) is 22.9. The Hall–Kier alpha value is -2.73. The molecule has 3 N–H and O–H groups in total. The molecule has 2 atom stereocenters. The van der Waals surface area contributed by atoms with E-state index in [0.29, 0.717) is 6.54 Å². The van der Waals surface area contributed by atoms with Crippen molar-refractivity contribution in [3.8, 4) is 11.5 Å². The van der Waals surface area contributed by atoms with Crippen molar-refractivity contribution in [2.45, 2.75) is 52.2 Å². The van der Waals surface area contributed by atoms with Gasteiger partial charge in [-0.1, -0.05) is 29.8 Å². The molecule has 1 unspecified atom stereocenters. The van der Waals surface area contributed by atoms with Gasteiger partial charge in [-0.15, -0.1) is 0 Å². The number of fused-ring (bicyclic) bond motifs is 1. The molecule has 0 saturated carbocycles. The molecule has 2 aromatic carbocycles. The van der Waals surface area contributed by atoms with Gasteiger partial charge in [0, 0.05) is 23.1 Å². The van der Waals surface area contributed by atoms with Crippen LogP contribution in [0, 0.1) is 6.92 Å². The van der Waals surface area contributed by atoms with Crippen molar-refractivity contribution in [2.75, 3.05) is 27.3 Å². The maximum Gasteiger partial charge on any atom is 0.315 e. The first-order valence-corrected chi connectivity index (χ1v) is 10.9. The summed E-state index contributed by atoms with van der Waals surface area (Å²) >= 11 is 0. The molecule has 1 aliphatic heterocycles. The van der Waals surface area contributed by atoms with Crippen molar-refractivity contribution in [2.24, 2.45) is 0 Å². The fourth-order valence-corrected chi connectivity index (χ4v) is 4.18. The van der Waals surface area contributed by atoms with Crippen LogP contribution >= 0.6 is 0 Å². The van der Waals surface area contributed by atoms with Gasteiger partial charge in [-0.2, -0.15) is 0 Å². The first-order valence-electron chi connectivity index (χ1n) is 10.9. The fourth-order valence-electron chi connectivity index (χ4n) is 4.18. The Morgan fingerprint density at radius 2 is 1.74 bits per heavy atom. The number of ether oxygens (including phenoxy) is 2. The minimum absolute atomic E-state index is 0.121. The fraction of sp³-hybridized carbons (Fsp3) is 0.480. The van der Waals surface area contributed by atoms with E-state index in [1.54, 1.807) is 14.2 Å². The van der Waals surface area contributed by atoms with Crippen LogP contribution in [0.15, 0.2) is 36.4 Å². The van der Waals surface area contributed by atoms with E-state index in [9.17, 15) is 4.79 Å². The summed E-state index contributed by atoms with van der Waals surface area (Å²) in [7, 11) is 3.33. The van der Waals surface area contributed by atoms with E-state index >= 15 is 0 Å². The van der Waals surface area contributed by atoms with Gasteiger partial charge in [-0.05, 0) is 45.4 Å². The Balaban J connectivity index is 1.88. The Labute approximate surface area is 185 Å². The normalized spacial score (nSPS) is 18.1. The third kappa shape index (κ3) is 5.91. The van der Waals surface area contributed by atoms with E-state index in [1.807, 2.05) is 20.8 Å². The van der Waals surface area contributed by atoms with Crippen molar-refractivity contribution in [3.63, 3.8) is 0 Å². The topological polar surface area (TPSA) is 64.0 Å². The molecule has 2 amide bonds. The summed E-state index contributed by atoms with van der Waals surface area (Å²) < 4.78 is 11.1. The number of quaternary nitrogens is 1. The van der Waals surface area contributed by atoms with Gasteiger partial charge >= 0.3 is 6.03 Å². The maximum atomic E-state index is 12.5. The van der Waals surface area contributed by atoms with E-state index < -0.39 is 0 Å². The molecule has 0 aliphatic carbocycles. The highest BCUT2D eigenvalue weighted by Gasteiger charge is 2.33. The van der Waals surface area contributed by atoms with E-state index in [2.05, 4.69) is 54.0 Å². The minimum atomic E-state index is -0.278. The highest BCUT2D eigenvalue weighted by Crippen LogP contribution is 2.34. The Kier molecular flexibility index (Phi) is 7.11. The summed E-state index contributed by atoms with van der Waals surface area (Å²) in [5.41, 5.74) is 4.75. The van der Waals surface area contributed by atoms with Gasteiger partial charge in [0.05, 0.1) is 27.3 Å². The van der Waals surface area contributed by atoms with Gasteiger partial charge in [0.15, 0.2) is 11.5 Å². The minimum Gasteiger partial charge on any atom is -0.493 e. The molecule has 0 bridgehead atoms. The molecule has 31 heavy (non-hydrogen) atoms. The smallest absolute Gasteiger partial charge is 0.315 e. The second kappa shape index (κ2) is 9.60. The molecule has 0 radical (unpaired) electrons. The van der Waals surface area contributed by atoms with Gasteiger partial charge < -0.3 is 25.0 Å². The number of urea groups is 1. The first-order chi connectivity index (χ1) is 14.7. The lowest BCUT2D eigenvalue weighted by atomic mass is 9.91. The molecular weight excluding hydrogens is 390 g/mol. The summed E-state index contributed by atoms with van der Waals surface area (Å²) in [5, 5.41) is 6.09. The van der Waals surface area contributed by atoms with Crippen LogP contribution in [0.1, 0.15) is 49.1 Å². The second-order valence-corrected chi connectivity index (χ2v) is 9.36. The largest absolute Gasteiger partial charge is 0.493 e. The number of hydrogen-bond acceptors (Lipinski definition) is 3. The zero-order chi connectivity index (χ0) is 22.6. The van der Waals surface area contributed by atoms with Crippen molar-refractivity contribution >= 4 is 6.03 Å². The van der Waals surface area contributed by atoms with Crippen LogP contribution in [0.3, 0.4) is 0 Å². The lowest BCUT2D eigenvalue weighted by Gasteiger charge is -2.35. The van der Waals surface area contributed by atoms with Crippen LogP contribution in [-0.4, -0.2) is 38.9 Å². The van der Waals surface area contributed by atoms with Crippen molar-refractivity contribution < 1.29 is 19.2 Å². The van der Waals surface area contributed by atoms with Crippen LogP contribution in [0.2, 0.25) is 0 Å². The summed E-state index contributed by atoms with van der Waals surface area (Å²) in [6, 6.07) is 12.8. The van der Waals surface area contributed by atoms with Crippen LogP contribution in [0.5, 0.6) is 11.5 Å². The predicted molar refractivity (Wildman–Crippen MR) is 123 cm³/mol. The van der Waals surface area contributed by atoms with Gasteiger partial charge in [0.1, 0.15) is 12.6 Å². The number of carbonyl (C=O) groups excluding carboxylic acids is 1. The molecule has 1 aliphatic rings. The van der Waals surface area contributed by atoms with Crippen molar-refractivity contribution in [1.82, 2.24) is 10.6 Å². The summed E-state index contributed by atoms with van der Waals surface area (Å²) in [6.45, 7) is 10.5. The lowest BCUT2D eigenvalue weighted by molar-refractivity contribution is -0.945. The molecule has 168 valence electrons. The van der Waals surface area contributed by atoms with E-state index in [4.69, 9.17) is 9.47 Å². The molecule has 2 aromatic rings. The van der Waals surface area contributed by atoms with Gasteiger partial charge in [-0.3, -0.25) is 0 Å². The zero-order valence-corrected chi connectivity index (χ0v) is 19.6. The number of methoxy groups -OCH3 is 2. The molecule has 1 heterocycles. The zero-order valence-electron chi connectivity index (χ0n) is 19.6. The number of rotatable bonds is 6. The highest BCUT2D eigenvalue weighted by molar-refractivity contribution is 5.74. The number of hydrogen-bond donors (Lipinski definition) is 3. The summed E-state index contributed by atoms with van der Waals surface area (Å²) in [4.78, 5) is 13.9. The SMILES string of the molecule is COc1cc2c(cc1OC)[C@@H](CNC(=O)NC(C)(C)C)[NH+](Cc1ccc(C)cc1)CC2. The summed E-state index contributed by atoms with van der Waals surface area (Å²) in [6.07, 6.45) is 0.960. The summed E-state index contributed by atoms with van der Waals surface area (Å²) in [5.74, 6) is 1.47. The monoisotopic (exact) mass is 426 g/mol. The van der Waals surface area contributed by atoms with Crippen LogP contribution in [0.4, 0.5) is 4.79 Å². The molecule has 0 spiro atoms. The van der Waals surface area contributed by atoms with E-state index in [1.165, 1.54) is 27.2 Å². The number of nitrogens with one attached hydrogen (secondary N) is 3. The average molecular weight is 427 g/mol. The maximum absolute atomic E-state index is 12.5. The third-order valence-electron chi connectivity index (χ3n) is 5.74. The number of carbonyl (C=O) groups is 1. The van der Waals surface area contributed by atoms with E-state index in [-0.39, 0.29) is 17.6 Å². The standard InChI is InChI=1S/C25H35N3O3/c1-17-7-9-18(10-8-17)16-28-12-11-19-13-22(30-5)23(31-6)14-20(19)21(28)15-26-24(29)27-25(2,3)4/h7-10,13-14,21H,11-12,15-16H2,1-6H3,(H2,26,27,29)/p+1/t21-/m1/s1. The van der Waals surface area contributed by atoms with Crippen molar-refractivity contribution in [1.29, 1.82) is 0 Å². The van der Waals surface area contributed by atoms with E-state index in [0.717, 1.165) is 31.0 Å². The Morgan fingerprint density at radius 3 is 2.35 bits per heavy atom. The van der Waals surface area contributed by atoms with Crippen LogP contribution in [0.25, 0.3) is 0 Å². The molecule has 6 heteroatoms. The third-order valence-corrected chi connectivity index (χ3v) is 5.74. The van der Waals surface area contributed by atoms with Gasteiger partial charge in [0.2, 0.25) is 0 Å². The lowest BCUT2D eigenvalue weighted by Crippen LogP contribution is -3.12. The Bertz CT molecular complexity index is 903. The molecule has 0 saturated heterocycles. The Morgan fingerprint density at radius 1 is 1.10 bits per heavy atom. The molecule has 0 fully saturated rings. The predicted octanol–water partition coefficient (Wildman–Crippen LogP) is 2.79. The van der Waals surface area contributed by atoms with Crippen LogP contribution in [-0.2, 0) is 13.0 Å². The second-order valence-electron chi connectivity index (χ2n) is 9.36. The molecule has 0 aromatic heterocycles. The molecule has 6 nitrogen and oxygen atoms in total. The number of amides is 2. The number of aryl methyl sites for hydroxylation is 1. The van der Waals surface area contributed by atoms with Crippen molar-refractivity contribution in [3.05, 3.63) is 58.7 Å². The molecular formula is C25H36N3O3+. The van der Waals surface area contributed by atoms with Gasteiger partial charge in [-0.25, -0.2) is 4.79 Å². The quantitative estimate of drug-likeness (QED) is 0.666.